The SMILES string of the molecule is CCCCCCCOC(=O)CS. The molecule has 0 aliphatic carbocycles. The van der Waals surface area contributed by atoms with E-state index >= 15 is 0 Å². The van der Waals surface area contributed by atoms with Crippen molar-refractivity contribution in [3.8, 4) is 0 Å². The average molecular weight is 190 g/mol. The molecular formula is C9H18O2S. The molecule has 0 radical (unpaired) electrons. The molecule has 72 valence electrons. The predicted molar refractivity (Wildman–Crippen MR) is 53.6 cm³/mol. The molecule has 0 aromatic carbocycles. The highest BCUT2D eigenvalue weighted by Gasteiger charge is 1.96. The first-order chi connectivity index (χ1) is 5.81. The summed E-state index contributed by atoms with van der Waals surface area (Å²) in [4.78, 5) is 10.6. The van der Waals surface area contributed by atoms with E-state index in [4.69, 9.17) is 4.74 Å². The van der Waals surface area contributed by atoms with Crippen molar-refractivity contribution >= 4 is 18.6 Å². The maximum atomic E-state index is 10.6. The average Bonchev–Trinajstić information content (AvgIpc) is 2.10. The van der Waals surface area contributed by atoms with E-state index in [9.17, 15) is 4.79 Å². The summed E-state index contributed by atoms with van der Waals surface area (Å²) in [5.74, 6) is -0.0246. The zero-order valence-electron chi connectivity index (χ0n) is 7.71. The standard InChI is InChI=1S/C9H18O2S/c1-2-3-4-5-6-7-11-9(10)8-12/h12H,2-8H2,1H3. The van der Waals surface area contributed by atoms with Crippen LogP contribution in [0.3, 0.4) is 0 Å². The van der Waals surface area contributed by atoms with Gasteiger partial charge in [-0.05, 0) is 6.42 Å². The first-order valence-electron chi connectivity index (χ1n) is 4.57. The van der Waals surface area contributed by atoms with Crippen molar-refractivity contribution in [1.82, 2.24) is 0 Å². The highest BCUT2D eigenvalue weighted by molar-refractivity contribution is 7.81. The summed E-state index contributed by atoms with van der Waals surface area (Å²) in [5.41, 5.74) is 0. The molecule has 0 unspecified atom stereocenters. The molecule has 0 spiro atoms. The van der Waals surface area contributed by atoms with Gasteiger partial charge in [-0.3, -0.25) is 4.79 Å². The molecule has 0 bridgehead atoms. The van der Waals surface area contributed by atoms with Crippen LogP contribution in [0, 0.1) is 0 Å². The third-order valence-corrected chi connectivity index (χ3v) is 1.90. The van der Waals surface area contributed by atoms with Gasteiger partial charge in [0.1, 0.15) is 0 Å². The molecule has 0 saturated carbocycles. The molecule has 0 aromatic heterocycles. The smallest absolute Gasteiger partial charge is 0.315 e. The molecule has 2 nitrogen and oxygen atoms in total. The van der Waals surface area contributed by atoms with Gasteiger partial charge in [0.2, 0.25) is 0 Å². The summed E-state index contributed by atoms with van der Waals surface area (Å²) < 4.78 is 4.86. The molecule has 0 saturated heterocycles. The minimum absolute atomic E-state index is 0.189. The number of carbonyl (C=O) groups is 1. The number of ether oxygens (including phenoxy) is 1. The van der Waals surface area contributed by atoms with Crippen molar-refractivity contribution < 1.29 is 9.53 Å². The van der Waals surface area contributed by atoms with Gasteiger partial charge in [0.25, 0.3) is 0 Å². The summed E-state index contributed by atoms with van der Waals surface area (Å²) >= 11 is 3.80. The maximum absolute atomic E-state index is 10.6. The van der Waals surface area contributed by atoms with Gasteiger partial charge in [-0.15, -0.1) is 0 Å². The van der Waals surface area contributed by atoms with Crippen molar-refractivity contribution in [2.75, 3.05) is 12.4 Å². The van der Waals surface area contributed by atoms with Crippen LogP contribution in [0.5, 0.6) is 0 Å². The van der Waals surface area contributed by atoms with Crippen molar-refractivity contribution in [2.24, 2.45) is 0 Å². The van der Waals surface area contributed by atoms with Crippen LogP contribution >= 0.6 is 12.6 Å². The quantitative estimate of drug-likeness (QED) is 0.379. The Bertz CT molecular complexity index is 115. The lowest BCUT2D eigenvalue weighted by Gasteiger charge is -2.01. The Hall–Kier alpha value is -0.180. The van der Waals surface area contributed by atoms with E-state index in [0.717, 1.165) is 12.8 Å². The molecule has 0 rings (SSSR count). The number of esters is 1. The van der Waals surface area contributed by atoms with E-state index in [1.165, 1.54) is 19.3 Å². The fourth-order valence-electron chi connectivity index (χ4n) is 0.937. The van der Waals surface area contributed by atoms with Crippen LogP contribution in [0.2, 0.25) is 0 Å². The Morgan fingerprint density at radius 1 is 1.25 bits per heavy atom. The van der Waals surface area contributed by atoms with Crippen LogP contribution < -0.4 is 0 Å². The van der Waals surface area contributed by atoms with Gasteiger partial charge in [0.05, 0.1) is 12.4 Å². The van der Waals surface area contributed by atoms with Crippen LogP contribution in [0.25, 0.3) is 0 Å². The van der Waals surface area contributed by atoms with Crippen molar-refractivity contribution in [3.63, 3.8) is 0 Å². The van der Waals surface area contributed by atoms with Crippen LogP contribution in [-0.4, -0.2) is 18.3 Å². The van der Waals surface area contributed by atoms with Crippen LogP contribution in [0.15, 0.2) is 0 Å². The van der Waals surface area contributed by atoms with E-state index in [1.54, 1.807) is 0 Å². The molecule has 3 heteroatoms. The number of rotatable bonds is 7. The van der Waals surface area contributed by atoms with Crippen LogP contribution in [-0.2, 0) is 9.53 Å². The maximum Gasteiger partial charge on any atom is 0.315 e. The summed E-state index contributed by atoms with van der Waals surface area (Å²) in [7, 11) is 0. The normalized spacial score (nSPS) is 9.83. The van der Waals surface area contributed by atoms with Gasteiger partial charge < -0.3 is 4.74 Å². The van der Waals surface area contributed by atoms with Crippen LogP contribution in [0.4, 0.5) is 0 Å². The number of thiol groups is 1. The van der Waals surface area contributed by atoms with E-state index in [2.05, 4.69) is 19.6 Å². The Balaban J connectivity index is 2.95. The fraction of sp³-hybridized carbons (Fsp3) is 0.889. The van der Waals surface area contributed by atoms with Crippen molar-refractivity contribution in [1.29, 1.82) is 0 Å². The Kier molecular flexibility index (Phi) is 8.78. The minimum atomic E-state index is -0.214. The third-order valence-electron chi connectivity index (χ3n) is 1.64. The molecule has 0 heterocycles. The van der Waals surface area contributed by atoms with Gasteiger partial charge in [0, 0.05) is 0 Å². The highest BCUT2D eigenvalue weighted by Crippen LogP contribution is 2.02. The van der Waals surface area contributed by atoms with E-state index in [1.807, 2.05) is 0 Å². The van der Waals surface area contributed by atoms with E-state index in [-0.39, 0.29) is 11.7 Å². The molecule has 0 N–H and O–H groups in total. The topological polar surface area (TPSA) is 26.3 Å². The summed E-state index contributed by atoms with van der Waals surface area (Å²) in [6.07, 6.45) is 5.92. The second-order valence-corrected chi connectivity index (χ2v) is 3.11. The molecule has 0 aliphatic rings. The largest absolute Gasteiger partial charge is 0.465 e. The number of hydrogen-bond donors (Lipinski definition) is 1. The van der Waals surface area contributed by atoms with Gasteiger partial charge in [-0.25, -0.2) is 0 Å². The second-order valence-electron chi connectivity index (χ2n) is 2.79. The predicted octanol–water partition coefficient (Wildman–Crippen LogP) is 2.43. The summed E-state index contributed by atoms with van der Waals surface area (Å²) in [5, 5.41) is 0. The first-order valence-corrected chi connectivity index (χ1v) is 5.21. The van der Waals surface area contributed by atoms with Crippen molar-refractivity contribution in [3.05, 3.63) is 0 Å². The molecular weight excluding hydrogens is 172 g/mol. The van der Waals surface area contributed by atoms with Gasteiger partial charge >= 0.3 is 5.97 Å². The Morgan fingerprint density at radius 3 is 2.50 bits per heavy atom. The molecule has 12 heavy (non-hydrogen) atoms. The summed E-state index contributed by atoms with van der Waals surface area (Å²) in [6, 6.07) is 0. The molecule has 0 atom stereocenters. The number of carbonyl (C=O) groups excluding carboxylic acids is 1. The Morgan fingerprint density at radius 2 is 1.92 bits per heavy atom. The lowest BCUT2D eigenvalue weighted by molar-refractivity contribution is -0.140. The molecule has 0 amide bonds. The van der Waals surface area contributed by atoms with E-state index < -0.39 is 0 Å². The lowest BCUT2D eigenvalue weighted by Crippen LogP contribution is -2.06. The fourth-order valence-corrected chi connectivity index (χ4v) is 1.03. The zero-order valence-corrected chi connectivity index (χ0v) is 8.61. The zero-order chi connectivity index (χ0) is 9.23. The third kappa shape index (κ3) is 7.92. The number of unbranched alkanes of at least 4 members (excludes halogenated alkanes) is 4. The monoisotopic (exact) mass is 190 g/mol. The molecule has 0 fully saturated rings. The lowest BCUT2D eigenvalue weighted by atomic mass is 10.2. The Labute approximate surface area is 80.1 Å². The van der Waals surface area contributed by atoms with Gasteiger partial charge in [-0.2, -0.15) is 12.6 Å². The minimum Gasteiger partial charge on any atom is -0.465 e. The first kappa shape index (κ1) is 11.8. The van der Waals surface area contributed by atoms with Gasteiger partial charge in [0.15, 0.2) is 0 Å². The highest BCUT2D eigenvalue weighted by atomic mass is 32.1. The molecule has 0 aromatic rings. The van der Waals surface area contributed by atoms with Crippen LogP contribution in [0.1, 0.15) is 39.0 Å². The summed E-state index contributed by atoms with van der Waals surface area (Å²) in [6.45, 7) is 2.74. The molecule has 0 aliphatic heterocycles. The van der Waals surface area contributed by atoms with Gasteiger partial charge in [-0.1, -0.05) is 32.6 Å². The van der Waals surface area contributed by atoms with Crippen molar-refractivity contribution in [2.45, 2.75) is 39.0 Å². The number of hydrogen-bond acceptors (Lipinski definition) is 3. The second kappa shape index (κ2) is 8.91. The van der Waals surface area contributed by atoms with E-state index in [0.29, 0.717) is 6.61 Å².